The van der Waals surface area contributed by atoms with Crippen LogP contribution in [0.4, 0.5) is 5.82 Å². The number of carbonyl (C=O) groups is 1. The first-order valence-electron chi connectivity index (χ1n) is 9.48. The molecular formula is C22H21N5O2. The summed E-state index contributed by atoms with van der Waals surface area (Å²) in [7, 11) is 1.81. The summed E-state index contributed by atoms with van der Waals surface area (Å²) in [5.41, 5.74) is 11.1. The molecule has 0 fully saturated rings. The molecule has 146 valence electrons. The minimum atomic E-state index is -0.117. The van der Waals surface area contributed by atoms with Crippen molar-refractivity contribution < 1.29 is 9.53 Å². The fourth-order valence-corrected chi connectivity index (χ4v) is 4.01. The minimum absolute atomic E-state index is 0.0725. The van der Waals surface area contributed by atoms with E-state index in [0.29, 0.717) is 18.0 Å². The number of rotatable bonds is 2. The van der Waals surface area contributed by atoms with E-state index in [1.165, 1.54) is 0 Å². The summed E-state index contributed by atoms with van der Waals surface area (Å²) in [4.78, 5) is 23.8. The van der Waals surface area contributed by atoms with Crippen LogP contribution in [0.2, 0.25) is 0 Å². The quantitative estimate of drug-likeness (QED) is 0.570. The normalized spacial score (nSPS) is 15.5. The zero-order valence-electron chi connectivity index (χ0n) is 16.5. The Balaban J connectivity index is 1.56. The summed E-state index contributed by atoms with van der Waals surface area (Å²) in [6, 6.07) is 11.5. The summed E-state index contributed by atoms with van der Waals surface area (Å²) >= 11 is 0. The van der Waals surface area contributed by atoms with Crippen LogP contribution >= 0.6 is 0 Å². The van der Waals surface area contributed by atoms with Gasteiger partial charge in [0.15, 0.2) is 0 Å². The number of likely N-dealkylation sites (N-methyl/N-ethyl adjacent to an activating group) is 1. The molecule has 3 heterocycles. The van der Waals surface area contributed by atoms with E-state index in [0.717, 1.165) is 39.3 Å². The van der Waals surface area contributed by atoms with Gasteiger partial charge in [0.05, 0.1) is 23.3 Å². The van der Waals surface area contributed by atoms with E-state index < -0.39 is 0 Å². The maximum Gasteiger partial charge on any atom is 0.254 e. The molecule has 0 aliphatic carbocycles. The second-order valence-electron chi connectivity index (χ2n) is 7.51. The number of benzene rings is 2. The lowest BCUT2D eigenvalue weighted by Gasteiger charge is -2.24. The molecule has 4 aromatic rings. The van der Waals surface area contributed by atoms with E-state index in [4.69, 9.17) is 10.5 Å². The molecule has 1 amide bonds. The summed E-state index contributed by atoms with van der Waals surface area (Å²) in [5, 5.41) is 0. The van der Waals surface area contributed by atoms with Gasteiger partial charge in [-0.2, -0.15) is 0 Å². The first-order chi connectivity index (χ1) is 13.9. The Labute approximate surface area is 167 Å². The van der Waals surface area contributed by atoms with Crippen LogP contribution in [-0.2, 0) is 0 Å². The van der Waals surface area contributed by atoms with Gasteiger partial charge in [0.1, 0.15) is 29.5 Å². The van der Waals surface area contributed by atoms with Gasteiger partial charge < -0.3 is 15.4 Å². The Morgan fingerprint density at radius 3 is 2.86 bits per heavy atom. The smallest absolute Gasteiger partial charge is 0.254 e. The maximum atomic E-state index is 13.3. The van der Waals surface area contributed by atoms with E-state index in [-0.39, 0.29) is 11.9 Å². The third kappa shape index (κ3) is 2.61. The third-order valence-electron chi connectivity index (χ3n) is 5.62. The Morgan fingerprint density at radius 1 is 1.21 bits per heavy atom. The molecule has 0 radical (unpaired) electrons. The first-order valence-corrected chi connectivity index (χ1v) is 9.48. The fraction of sp³-hybridized carbons (Fsp3) is 0.227. The number of nitrogens with two attached hydrogens (primary N) is 1. The number of hydrogen-bond acceptors (Lipinski definition) is 5. The van der Waals surface area contributed by atoms with Crippen molar-refractivity contribution in [3.8, 4) is 5.75 Å². The number of nitrogens with zero attached hydrogens (tertiary/aromatic N) is 4. The highest BCUT2D eigenvalue weighted by Gasteiger charge is 2.31. The van der Waals surface area contributed by atoms with Crippen molar-refractivity contribution in [2.75, 3.05) is 19.4 Å². The SMILES string of the molecule is Cc1ccc2c(c1)OCC2N(C)C(=O)c1ccc2nc(N)c3cnc(C)n3c2c1. The molecule has 1 atom stereocenters. The van der Waals surface area contributed by atoms with Crippen molar-refractivity contribution >= 4 is 28.3 Å². The summed E-state index contributed by atoms with van der Waals surface area (Å²) in [5.74, 6) is 2.00. The number of anilines is 1. The second kappa shape index (κ2) is 6.20. The molecule has 0 saturated heterocycles. The van der Waals surface area contributed by atoms with Gasteiger partial charge in [-0.15, -0.1) is 0 Å². The van der Waals surface area contributed by atoms with E-state index in [1.54, 1.807) is 17.2 Å². The molecular weight excluding hydrogens is 366 g/mol. The summed E-state index contributed by atoms with van der Waals surface area (Å²) in [6.45, 7) is 4.39. The highest BCUT2D eigenvalue weighted by atomic mass is 16.5. The number of nitrogen functional groups attached to an aromatic ring is 1. The zero-order chi connectivity index (χ0) is 20.3. The van der Waals surface area contributed by atoms with Crippen LogP contribution in [0.15, 0.2) is 42.6 Å². The maximum absolute atomic E-state index is 13.3. The van der Waals surface area contributed by atoms with Crippen LogP contribution in [0.25, 0.3) is 16.6 Å². The van der Waals surface area contributed by atoms with Gasteiger partial charge >= 0.3 is 0 Å². The number of fused-ring (bicyclic) bond motifs is 4. The van der Waals surface area contributed by atoms with Crippen LogP contribution in [0, 0.1) is 13.8 Å². The Kier molecular flexibility index (Phi) is 3.74. The van der Waals surface area contributed by atoms with Crippen LogP contribution in [0.5, 0.6) is 5.75 Å². The van der Waals surface area contributed by atoms with Gasteiger partial charge in [0.2, 0.25) is 0 Å². The molecule has 1 aliphatic heterocycles. The van der Waals surface area contributed by atoms with Gasteiger partial charge in [-0.25, -0.2) is 9.97 Å². The van der Waals surface area contributed by atoms with Crippen molar-refractivity contribution in [1.29, 1.82) is 0 Å². The third-order valence-corrected chi connectivity index (χ3v) is 5.62. The number of amides is 1. The monoisotopic (exact) mass is 387 g/mol. The van der Waals surface area contributed by atoms with E-state index in [1.807, 2.05) is 55.6 Å². The van der Waals surface area contributed by atoms with Crippen molar-refractivity contribution in [2.45, 2.75) is 19.9 Å². The number of ether oxygens (including phenoxy) is 1. The van der Waals surface area contributed by atoms with Crippen molar-refractivity contribution in [3.05, 3.63) is 65.1 Å². The predicted octanol–water partition coefficient (Wildman–Crippen LogP) is 3.29. The topological polar surface area (TPSA) is 85.8 Å². The van der Waals surface area contributed by atoms with Gasteiger partial charge in [-0.3, -0.25) is 9.20 Å². The fourth-order valence-electron chi connectivity index (χ4n) is 4.01. The van der Waals surface area contributed by atoms with Crippen molar-refractivity contribution in [3.63, 3.8) is 0 Å². The number of carbonyl (C=O) groups excluding carboxylic acids is 1. The molecule has 0 saturated carbocycles. The molecule has 5 rings (SSSR count). The largest absolute Gasteiger partial charge is 0.491 e. The second-order valence-corrected chi connectivity index (χ2v) is 7.51. The molecule has 2 N–H and O–H groups in total. The highest BCUT2D eigenvalue weighted by molar-refractivity contribution is 5.98. The van der Waals surface area contributed by atoms with E-state index >= 15 is 0 Å². The zero-order valence-corrected chi connectivity index (χ0v) is 16.5. The van der Waals surface area contributed by atoms with E-state index in [9.17, 15) is 4.79 Å². The van der Waals surface area contributed by atoms with Crippen LogP contribution in [0.3, 0.4) is 0 Å². The molecule has 0 spiro atoms. The van der Waals surface area contributed by atoms with Crippen LogP contribution < -0.4 is 10.5 Å². The molecule has 29 heavy (non-hydrogen) atoms. The summed E-state index contributed by atoms with van der Waals surface area (Å²) < 4.78 is 7.75. The van der Waals surface area contributed by atoms with Gasteiger partial charge in [-0.05, 0) is 43.7 Å². The number of aromatic nitrogens is 3. The van der Waals surface area contributed by atoms with Crippen molar-refractivity contribution in [1.82, 2.24) is 19.3 Å². The Bertz CT molecular complexity index is 1290. The first kappa shape index (κ1) is 17.5. The minimum Gasteiger partial charge on any atom is -0.491 e. The average Bonchev–Trinajstić information content (AvgIpc) is 3.30. The standard InChI is InChI=1S/C22H21N5O2/c1-12-4-6-15-19(11-29-20(15)8-12)26(3)22(28)14-5-7-16-17(9-14)27-13(2)24-10-18(27)21(23)25-16/h4-10,19H,11H2,1-3H3,(H2,23,25). The lowest BCUT2D eigenvalue weighted by Crippen LogP contribution is -2.32. The van der Waals surface area contributed by atoms with E-state index in [2.05, 4.69) is 9.97 Å². The molecule has 7 heteroatoms. The van der Waals surface area contributed by atoms with Crippen LogP contribution in [0.1, 0.15) is 33.4 Å². The number of aryl methyl sites for hydroxylation is 2. The highest BCUT2D eigenvalue weighted by Crippen LogP contribution is 2.36. The molecule has 2 aromatic carbocycles. The van der Waals surface area contributed by atoms with Gasteiger partial charge in [0.25, 0.3) is 5.91 Å². The molecule has 1 aliphatic rings. The Hall–Kier alpha value is -3.61. The number of hydrogen-bond donors (Lipinski definition) is 1. The van der Waals surface area contributed by atoms with Gasteiger partial charge in [0, 0.05) is 18.2 Å². The summed E-state index contributed by atoms with van der Waals surface area (Å²) in [6.07, 6.45) is 1.70. The van der Waals surface area contributed by atoms with Gasteiger partial charge in [-0.1, -0.05) is 12.1 Å². The molecule has 1 unspecified atom stereocenters. The molecule has 7 nitrogen and oxygen atoms in total. The molecule has 2 aromatic heterocycles. The molecule has 0 bridgehead atoms. The average molecular weight is 387 g/mol. The van der Waals surface area contributed by atoms with Crippen molar-refractivity contribution in [2.24, 2.45) is 0 Å². The lowest BCUT2D eigenvalue weighted by molar-refractivity contribution is 0.0708. The Morgan fingerprint density at radius 2 is 2.03 bits per heavy atom. The predicted molar refractivity (Wildman–Crippen MR) is 111 cm³/mol. The lowest BCUT2D eigenvalue weighted by atomic mass is 10.0. The number of imidazole rings is 1. The van der Waals surface area contributed by atoms with Crippen LogP contribution in [-0.4, -0.2) is 38.8 Å².